The number of nitrogens with one attached hydrogen (secondary N) is 2. The Bertz CT molecular complexity index is 211. The Morgan fingerprint density at radius 1 is 1.71 bits per heavy atom. The van der Waals surface area contributed by atoms with Crippen molar-refractivity contribution in [3.05, 3.63) is 0 Å². The number of carboxylic acids is 1. The summed E-state index contributed by atoms with van der Waals surface area (Å²) in [5.74, 6) is -0.927. The van der Waals surface area contributed by atoms with E-state index >= 15 is 0 Å². The molecule has 0 aliphatic rings. The topological polar surface area (TPSA) is 99.2 Å². The van der Waals surface area contributed by atoms with Gasteiger partial charge in [-0.2, -0.15) is 0 Å². The molecule has 0 aliphatic heterocycles. The molecule has 0 aromatic heterocycles. The number of hydrogen-bond acceptors (Lipinski definition) is 3. The standard InChI is InChI=1S/C8H16FN3O2/c1-5(10)12-3-2-6(9)4-7(11)8(13)14/h6-7H,2-4,11H2,1H3,(H2,10,12)(H,13,14)/t6?,7-/m0/s1. The van der Waals surface area contributed by atoms with Crippen molar-refractivity contribution in [3.63, 3.8) is 0 Å². The van der Waals surface area contributed by atoms with Crippen LogP contribution in [0.4, 0.5) is 4.39 Å². The molecular weight excluding hydrogens is 189 g/mol. The number of carbonyl (C=O) groups is 1. The summed E-state index contributed by atoms with van der Waals surface area (Å²) in [7, 11) is 0. The van der Waals surface area contributed by atoms with Crippen molar-refractivity contribution >= 4 is 11.8 Å². The van der Waals surface area contributed by atoms with Crippen LogP contribution in [0.5, 0.6) is 0 Å². The summed E-state index contributed by atoms with van der Waals surface area (Å²) in [6.07, 6.45) is -1.27. The van der Waals surface area contributed by atoms with Gasteiger partial charge in [0.1, 0.15) is 12.2 Å². The molecule has 0 aromatic carbocycles. The predicted octanol–water partition coefficient (Wildman–Crippen LogP) is 0.103. The second-order valence-corrected chi connectivity index (χ2v) is 3.12. The lowest BCUT2D eigenvalue weighted by atomic mass is 10.1. The number of halogens is 1. The Balaban J connectivity index is 3.59. The zero-order chi connectivity index (χ0) is 11.1. The van der Waals surface area contributed by atoms with Gasteiger partial charge in [-0.1, -0.05) is 0 Å². The maximum Gasteiger partial charge on any atom is 0.320 e. The third-order valence-electron chi connectivity index (χ3n) is 1.67. The van der Waals surface area contributed by atoms with E-state index in [1.807, 2.05) is 0 Å². The van der Waals surface area contributed by atoms with Crippen LogP contribution >= 0.6 is 0 Å². The number of amidine groups is 1. The molecule has 0 heterocycles. The maximum absolute atomic E-state index is 13.0. The lowest BCUT2D eigenvalue weighted by Crippen LogP contribution is -2.34. The minimum absolute atomic E-state index is 0.164. The van der Waals surface area contributed by atoms with Gasteiger partial charge in [0, 0.05) is 13.0 Å². The lowest BCUT2D eigenvalue weighted by Gasteiger charge is -2.11. The molecule has 5 nitrogen and oxygen atoms in total. The van der Waals surface area contributed by atoms with Crippen LogP contribution in [0.15, 0.2) is 0 Å². The van der Waals surface area contributed by atoms with Crippen LogP contribution in [0.3, 0.4) is 0 Å². The number of alkyl halides is 1. The lowest BCUT2D eigenvalue weighted by molar-refractivity contribution is -0.139. The van der Waals surface area contributed by atoms with Crippen molar-refractivity contribution < 1.29 is 14.3 Å². The molecule has 5 N–H and O–H groups in total. The summed E-state index contributed by atoms with van der Waals surface area (Å²) >= 11 is 0. The molecule has 0 radical (unpaired) electrons. The van der Waals surface area contributed by atoms with Crippen LogP contribution < -0.4 is 11.1 Å². The molecule has 0 amide bonds. The third-order valence-corrected chi connectivity index (χ3v) is 1.67. The molecule has 0 spiro atoms. The van der Waals surface area contributed by atoms with Crippen molar-refractivity contribution in [2.45, 2.75) is 32.0 Å². The highest BCUT2D eigenvalue weighted by Gasteiger charge is 2.17. The van der Waals surface area contributed by atoms with Crippen LogP contribution in [-0.4, -0.2) is 35.7 Å². The minimum atomic E-state index is -1.24. The van der Waals surface area contributed by atoms with Gasteiger partial charge in [-0.15, -0.1) is 0 Å². The quantitative estimate of drug-likeness (QED) is 0.365. The zero-order valence-corrected chi connectivity index (χ0v) is 8.09. The predicted molar refractivity (Wildman–Crippen MR) is 51.1 cm³/mol. The first-order valence-corrected chi connectivity index (χ1v) is 4.35. The largest absolute Gasteiger partial charge is 0.480 e. The van der Waals surface area contributed by atoms with E-state index in [1.165, 1.54) is 0 Å². The smallest absolute Gasteiger partial charge is 0.320 e. The van der Waals surface area contributed by atoms with Crippen LogP contribution in [0.1, 0.15) is 19.8 Å². The van der Waals surface area contributed by atoms with Gasteiger partial charge in [0.05, 0.1) is 5.84 Å². The van der Waals surface area contributed by atoms with E-state index in [2.05, 4.69) is 5.32 Å². The normalized spacial score (nSPS) is 14.5. The molecule has 0 saturated carbocycles. The molecule has 0 bridgehead atoms. The van der Waals surface area contributed by atoms with Gasteiger partial charge in [-0.3, -0.25) is 10.2 Å². The van der Waals surface area contributed by atoms with E-state index in [4.69, 9.17) is 16.2 Å². The van der Waals surface area contributed by atoms with E-state index in [0.717, 1.165) is 0 Å². The van der Waals surface area contributed by atoms with Crippen LogP contribution in [0.25, 0.3) is 0 Å². The van der Waals surface area contributed by atoms with Crippen molar-refractivity contribution in [2.24, 2.45) is 5.73 Å². The monoisotopic (exact) mass is 205 g/mol. The summed E-state index contributed by atoms with van der Waals surface area (Å²) < 4.78 is 13.0. The average Bonchev–Trinajstić information content (AvgIpc) is 2.02. The van der Waals surface area contributed by atoms with Crippen LogP contribution in [-0.2, 0) is 4.79 Å². The second-order valence-electron chi connectivity index (χ2n) is 3.12. The molecular formula is C8H16FN3O2. The summed E-state index contributed by atoms with van der Waals surface area (Å²) in [4.78, 5) is 10.3. The molecule has 0 fully saturated rings. The van der Waals surface area contributed by atoms with Gasteiger partial charge < -0.3 is 16.2 Å². The molecule has 0 saturated heterocycles. The van der Waals surface area contributed by atoms with Crippen molar-refractivity contribution in [2.75, 3.05) is 6.54 Å². The number of carboxylic acid groups (broad SMARTS) is 1. The fourth-order valence-corrected chi connectivity index (χ4v) is 0.910. The summed E-state index contributed by atoms with van der Waals surface area (Å²) in [5, 5.41) is 18.0. The fraction of sp³-hybridized carbons (Fsp3) is 0.750. The summed E-state index contributed by atoms with van der Waals surface area (Å²) in [6, 6.07) is -1.15. The first-order chi connectivity index (χ1) is 6.43. The van der Waals surface area contributed by atoms with E-state index in [-0.39, 0.29) is 18.7 Å². The first-order valence-electron chi connectivity index (χ1n) is 4.35. The van der Waals surface area contributed by atoms with E-state index < -0.39 is 18.2 Å². The van der Waals surface area contributed by atoms with E-state index in [1.54, 1.807) is 6.92 Å². The van der Waals surface area contributed by atoms with Gasteiger partial charge in [0.25, 0.3) is 0 Å². The van der Waals surface area contributed by atoms with E-state index in [0.29, 0.717) is 6.54 Å². The fourth-order valence-electron chi connectivity index (χ4n) is 0.910. The highest BCUT2D eigenvalue weighted by atomic mass is 19.1. The van der Waals surface area contributed by atoms with Gasteiger partial charge >= 0.3 is 5.97 Å². The number of hydrogen-bond donors (Lipinski definition) is 4. The molecule has 82 valence electrons. The molecule has 1 unspecified atom stereocenters. The Kier molecular flexibility index (Phi) is 5.78. The Labute approximate surface area is 82.0 Å². The third kappa shape index (κ3) is 6.36. The zero-order valence-electron chi connectivity index (χ0n) is 8.09. The Hall–Kier alpha value is -1.17. The Morgan fingerprint density at radius 2 is 2.29 bits per heavy atom. The SMILES string of the molecule is CC(=N)NCCC(F)C[C@H](N)C(=O)O. The average molecular weight is 205 g/mol. The molecule has 14 heavy (non-hydrogen) atoms. The highest BCUT2D eigenvalue weighted by molar-refractivity contribution is 5.75. The van der Waals surface area contributed by atoms with Crippen LogP contribution in [0.2, 0.25) is 0 Å². The second kappa shape index (κ2) is 6.31. The van der Waals surface area contributed by atoms with Gasteiger partial charge in [-0.25, -0.2) is 4.39 Å². The number of aliphatic carboxylic acids is 1. The summed E-state index contributed by atoms with van der Waals surface area (Å²) in [5.41, 5.74) is 5.15. The van der Waals surface area contributed by atoms with Crippen molar-refractivity contribution in [1.29, 1.82) is 5.41 Å². The molecule has 0 aliphatic carbocycles. The van der Waals surface area contributed by atoms with Gasteiger partial charge in [-0.05, 0) is 13.3 Å². The molecule has 0 rings (SSSR count). The number of nitrogens with two attached hydrogens (primary N) is 1. The number of rotatable bonds is 6. The van der Waals surface area contributed by atoms with Crippen LogP contribution in [0, 0.1) is 5.41 Å². The summed E-state index contributed by atoms with van der Waals surface area (Å²) in [6.45, 7) is 1.87. The van der Waals surface area contributed by atoms with Crippen molar-refractivity contribution in [1.82, 2.24) is 5.32 Å². The van der Waals surface area contributed by atoms with Crippen molar-refractivity contribution in [3.8, 4) is 0 Å². The van der Waals surface area contributed by atoms with Gasteiger partial charge in [0.15, 0.2) is 0 Å². The molecule has 0 aromatic rings. The Morgan fingerprint density at radius 3 is 2.71 bits per heavy atom. The first kappa shape index (κ1) is 12.8. The minimum Gasteiger partial charge on any atom is -0.480 e. The molecule has 2 atom stereocenters. The maximum atomic E-state index is 13.0. The van der Waals surface area contributed by atoms with Gasteiger partial charge in [0.2, 0.25) is 0 Å². The van der Waals surface area contributed by atoms with E-state index in [9.17, 15) is 9.18 Å². The highest BCUT2D eigenvalue weighted by Crippen LogP contribution is 2.05. The molecule has 6 heteroatoms.